The van der Waals surface area contributed by atoms with Gasteiger partial charge in [0.15, 0.2) is 0 Å². The Morgan fingerprint density at radius 1 is 1.26 bits per heavy atom. The van der Waals surface area contributed by atoms with Gasteiger partial charge in [-0.05, 0) is 6.42 Å². The number of nitrogens with zero attached hydrogens (tertiary/aromatic N) is 3. The standard InChI is InChI=1S/C18H20N4O/c1-2-4-14(5-3-1)17-18(15-7-9-23-11-15)22(13-21-17)8-6-16-10-19-12-20-16/h1-5,10,12-13,15H,6-9,11H2,(H,19,20). The molecular weight excluding hydrogens is 288 g/mol. The molecular formula is C18H20N4O. The molecule has 3 heterocycles. The average Bonchev–Trinajstić information content (AvgIpc) is 3.34. The van der Waals surface area contributed by atoms with Gasteiger partial charge in [-0.2, -0.15) is 0 Å². The maximum atomic E-state index is 5.62. The van der Waals surface area contributed by atoms with Crippen molar-refractivity contribution in [1.82, 2.24) is 19.5 Å². The van der Waals surface area contributed by atoms with Crippen LogP contribution in [0, 0.1) is 0 Å². The Morgan fingerprint density at radius 3 is 2.91 bits per heavy atom. The second kappa shape index (κ2) is 6.38. The van der Waals surface area contributed by atoms with E-state index in [1.54, 1.807) is 6.33 Å². The molecule has 2 aromatic heterocycles. The fourth-order valence-corrected chi connectivity index (χ4v) is 3.23. The molecule has 1 saturated heterocycles. The summed E-state index contributed by atoms with van der Waals surface area (Å²) in [6, 6.07) is 10.4. The third kappa shape index (κ3) is 2.92. The Kier molecular flexibility index (Phi) is 3.94. The van der Waals surface area contributed by atoms with Crippen LogP contribution in [-0.4, -0.2) is 32.7 Å². The number of aromatic amines is 1. The SMILES string of the molecule is c1ccc(-c2ncn(CCc3cnc[nH]3)c2C2CCOC2)cc1. The molecule has 5 heteroatoms. The molecule has 118 valence electrons. The Morgan fingerprint density at radius 2 is 2.17 bits per heavy atom. The van der Waals surface area contributed by atoms with E-state index in [1.807, 2.05) is 18.6 Å². The van der Waals surface area contributed by atoms with Crippen molar-refractivity contribution < 1.29 is 4.74 Å². The van der Waals surface area contributed by atoms with Crippen molar-refractivity contribution in [3.63, 3.8) is 0 Å². The van der Waals surface area contributed by atoms with Crippen LogP contribution in [0.5, 0.6) is 0 Å². The highest BCUT2D eigenvalue weighted by Gasteiger charge is 2.25. The van der Waals surface area contributed by atoms with Gasteiger partial charge in [0, 0.05) is 42.9 Å². The first-order valence-corrected chi connectivity index (χ1v) is 8.07. The third-order valence-corrected chi connectivity index (χ3v) is 4.42. The molecule has 23 heavy (non-hydrogen) atoms. The lowest BCUT2D eigenvalue weighted by molar-refractivity contribution is 0.193. The highest BCUT2D eigenvalue weighted by atomic mass is 16.5. The molecule has 1 aliphatic rings. The van der Waals surface area contributed by atoms with E-state index in [0.717, 1.165) is 44.0 Å². The number of aromatic nitrogens is 4. The minimum absolute atomic E-state index is 0.425. The van der Waals surface area contributed by atoms with Crippen LogP contribution in [0.4, 0.5) is 0 Å². The van der Waals surface area contributed by atoms with Crippen LogP contribution in [0.25, 0.3) is 11.3 Å². The first-order valence-electron chi connectivity index (χ1n) is 8.07. The molecule has 0 spiro atoms. The van der Waals surface area contributed by atoms with Gasteiger partial charge in [0.2, 0.25) is 0 Å². The van der Waals surface area contributed by atoms with Crippen molar-refractivity contribution in [1.29, 1.82) is 0 Å². The van der Waals surface area contributed by atoms with E-state index in [2.05, 4.69) is 38.8 Å². The molecule has 0 aliphatic carbocycles. The van der Waals surface area contributed by atoms with E-state index in [0.29, 0.717) is 5.92 Å². The maximum Gasteiger partial charge on any atom is 0.0956 e. The molecule has 1 fully saturated rings. The summed E-state index contributed by atoms with van der Waals surface area (Å²) < 4.78 is 7.90. The summed E-state index contributed by atoms with van der Waals surface area (Å²) in [7, 11) is 0. The Bertz CT molecular complexity index is 743. The van der Waals surface area contributed by atoms with Crippen molar-refractivity contribution in [3.8, 4) is 11.3 Å². The van der Waals surface area contributed by atoms with Crippen LogP contribution in [0.1, 0.15) is 23.7 Å². The fourth-order valence-electron chi connectivity index (χ4n) is 3.23. The second-order valence-corrected chi connectivity index (χ2v) is 5.93. The quantitative estimate of drug-likeness (QED) is 0.788. The molecule has 4 rings (SSSR count). The zero-order chi connectivity index (χ0) is 15.5. The van der Waals surface area contributed by atoms with E-state index in [4.69, 9.17) is 9.72 Å². The van der Waals surface area contributed by atoms with Crippen LogP contribution in [-0.2, 0) is 17.7 Å². The van der Waals surface area contributed by atoms with Crippen LogP contribution >= 0.6 is 0 Å². The van der Waals surface area contributed by atoms with E-state index in [1.165, 1.54) is 11.3 Å². The van der Waals surface area contributed by atoms with E-state index in [-0.39, 0.29) is 0 Å². The number of aryl methyl sites for hydroxylation is 2. The molecule has 1 aromatic carbocycles. The van der Waals surface area contributed by atoms with Crippen LogP contribution in [0.15, 0.2) is 49.2 Å². The monoisotopic (exact) mass is 308 g/mol. The number of H-pyrrole nitrogens is 1. The van der Waals surface area contributed by atoms with Crippen molar-refractivity contribution in [3.05, 3.63) is 60.6 Å². The van der Waals surface area contributed by atoms with Crippen molar-refractivity contribution in [2.75, 3.05) is 13.2 Å². The van der Waals surface area contributed by atoms with Crippen molar-refractivity contribution in [2.45, 2.75) is 25.3 Å². The van der Waals surface area contributed by atoms with Gasteiger partial charge in [-0.15, -0.1) is 0 Å². The summed E-state index contributed by atoms with van der Waals surface area (Å²) in [6.45, 7) is 2.52. The lowest BCUT2D eigenvalue weighted by Crippen LogP contribution is -2.10. The fraction of sp³-hybridized carbons (Fsp3) is 0.333. The molecule has 0 saturated carbocycles. The van der Waals surface area contributed by atoms with Crippen molar-refractivity contribution in [2.24, 2.45) is 0 Å². The summed E-state index contributed by atoms with van der Waals surface area (Å²) in [5.41, 5.74) is 4.71. The smallest absolute Gasteiger partial charge is 0.0956 e. The first-order chi connectivity index (χ1) is 11.4. The topological polar surface area (TPSA) is 55.7 Å². The molecule has 0 amide bonds. The van der Waals surface area contributed by atoms with E-state index >= 15 is 0 Å². The van der Waals surface area contributed by atoms with Gasteiger partial charge in [0.25, 0.3) is 0 Å². The number of ether oxygens (including phenoxy) is 1. The highest BCUT2D eigenvalue weighted by Crippen LogP contribution is 2.33. The minimum atomic E-state index is 0.425. The largest absolute Gasteiger partial charge is 0.381 e. The molecule has 1 atom stereocenters. The van der Waals surface area contributed by atoms with Gasteiger partial charge in [-0.25, -0.2) is 9.97 Å². The summed E-state index contributed by atoms with van der Waals surface area (Å²) >= 11 is 0. The summed E-state index contributed by atoms with van der Waals surface area (Å²) in [4.78, 5) is 12.0. The predicted octanol–water partition coefficient (Wildman–Crippen LogP) is 3.02. The number of hydrogen-bond acceptors (Lipinski definition) is 3. The highest BCUT2D eigenvalue weighted by molar-refractivity contribution is 5.62. The van der Waals surface area contributed by atoms with Crippen LogP contribution in [0.2, 0.25) is 0 Å². The van der Waals surface area contributed by atoms with Gasteiger partial charge < -0.3 is 14.3 Å². The summed E-state index contributed by atoms with van der Waals surface area (Å²) in [5.74, 6) is 0.425. The molecule has 0 radical (unpaired) electrons. The first kappa shape index (κ1) is 14.2. The van der Waals surface area contributed by atoms with E-state index in [9.17, 15) is 0 Å². The second-order valence-electron chi connectivity index (χ2n) is 5.93. The zero-order valence-corrected chi connectivity index (χ0v) is 13.0. The molecule has 0 bridgehead atoms. The average molecular weight is 308 g/mol. The number of benzene rings is 1. The Hall–Kier alpha value is -2.40. The van der Waals surface area contributed by atoms with E-state index < -0.39 is 0 Å². The maximum absolute atomic E-state index is 5.62. The van der Waals surface area contributed by atoms with Gasteiger partial charge in [0.05, 0.1) is 30.6 Å². The molecule has 1 unspecified atom stereocenters. The van der Waals surface area contributed by atoms with Gasteiger partial charge in [-0.3, -0.25) is 0 Å². The zero-order valence-electron chi connectivity index (χ0n) is 13.0. The Labute approximate surface area is 135 Å². The summed E-state index contributed by atoms with van der Waals surface area (Å²) in [5, 5.41) is 0. The number of rotatable bonds is 5. The molecule has 3 aromatic rings. The predicted molar refractivity (Wildman–Crippen MR) is 88.1 cm³/mol. The third-order valence-electron chi connectivity index (χ3n) is 4.42. The van der Waals surface area contributed by atoms with Gasteiger partial charge in [-0.1, -0.05) is 30.3 Å². The van der Waals surface area contributed by atoms with Crippen molar-refractivity contribution >= 4 is 0 Å². The van der Waals surface area contributed by atoms with Gasteiger partial charge >= 0.3 is 0 Å². The van der Waals surface area contributed by atoms with Crippen LogP contribution in [0.3, 0.4) is 0 Å². The molecule has 5 nitrogen and oxygen atoms in total. The molecule has 1 N–H and O–H groups in total. The van der Waals surface area contributed by atoms with Crippen LogP contribution < -0.4 is 0 Å². The Balaban J connectivity index is 1.66. The minimum Gasteiger partial charge on any atom is -0.381 e. The normalized spacial score (nSPS) is 17.7. The number of hydrogen-bond donors (Lipinski definition) is 1. The lowest BCUT2D eigenvalue weighted by Gasteiger charge is -2.14. The molecule has 1 aliphatic heterocycles. The summed E-state index contributed by atoms with van der Waals surface area (Å²) in [6.07, 6.45) is 7.56. The van der Waals surface area contributed by atoms with Gasteiger partial charge in [0.1, 0.15) is 0 Å². The lowest BCUT2D eigenvalue weighted by atomic mass is 9.99. The number of imidazole rings is 2. The number of nitrogens with one attached hydrogen (secondary N) is 1.